The van der Waals surface area contributed by atoms with Gasteiger partial charge in [-0.3, -0.25) is 0 Å². The summed E-state index contributed by atoms with van der Waals surface area (Å²) < 4.78 is 11.8. The van der Waals surface area contributed by atoms with Crippen LogP contribution in [0.2, 0.25) is 0 Å². The minimum atomic E-state index is 0.862. The maximum absolute atomic E-state index is 5.45. The second-order valence-electron chi connectivity index (χ2n) is 4.31. The Morgan fingerprint density at radius 2 is 1.71 bits per heavy atom. The Hall–Kier alpha value is -1.39. The number of rotatable bonds is 5. The molecule has 0 spiro atoms. The molecule has 0 bridgehead atoms. The molecule has 0 aliphatic heterocycles. The smallest absolute Gasteiger partial charge is 0.134 e. The molecule has 0 radical (unpaired) electrons. The second-order valence-corrected chi connectivity index (χ2v) is 5.98. The van der Waals surface area contributed by atoms with Gasteiger partial charge in [-0.2, -0.15) is 0 Å². The quantitative estimate of drug-likeness (QED) is 0.525. The lowest BCUT2D eigenvalue weighted by Gasteiger charge is -2.10. The molecule has 0 aliphatic rings. The van der Waals surface area contributed by atoms with Gasteiger partial charge < -0.3 is 9.47 Å². The molecule has 0 saturated carbocycles. The van der Waals surface area contributed by atoms with Crippen LogP contribution in [0.15, 0.2) is 45.8 Å². The zero-order valence-corrected chi connectivity index (χ0v) is 14.6. The summed E-state index contributed by atoms with van der Waals surface area (Å²) >= 11 is 5.25. The molecule has 4 heteroatoms. The van der Waals surface area contributed by atoms with Gasteiger partial charge in [0.15, 0.2) is 0 Å². The van der Waals surface area contributed by atoms with E-state index in [0.717, 1.165) is 32.0 Å². The van der Waals surface area contributed by atoms with E-state index in [4.69, 9.17) is 9.47 Å². The topological polar surface area (TPSA) is 18.5 Å². The molecule has 0 unspecified atom stereocenters. The monoisotopic (exact) mass is 364 g/mol. The fraction of sp³-hybridized carbons (Fsp3) is 0.176. The van der Waals surface area contributed by atoms with Gasteiger partial charge in [0.2, 0.25) is 0 Å². The van der Waals surface area contributed by atoms with Crippen molar-refractivity contribution in [3.05, 3.63) is 52.0 Å². The van der Waals surface area contributed by atoms with Crippen LogP contribution in [0, 0.1) is 0 Å². The van der Waals surface area contributed by atoms with Crippen LogP contribution in [-0.2, 0) is 0 Å². The van der Waals surface area contributed by atoms with Crippen LogP contribution in [0.25, 0.3) is 12.2 Å². The van der Waals surface area contributed by atoms with Crippen molar-refractivity contribution in [2.24, 2.45) is 0 Å². The average Bonchev–Trinajstić information content (AvgIpc) is 2.52. The van der Waals surface area contributed by atoms with Gasteiger partial charge in [-0.15, -0.1) is 11.8 Å². The SMILES string of the molecule is COc1ccccc1/C=C\c1cc(Br)c(SC)c(OC)c1. The molecule has 2 rings (SSSR count). The van der Waals surface area contributed by atoms with Crippen LogP contribution in [0.4, 0.5) is 0 Å². The maximum Gasteiger partial charge on any atom is 0.134 e. The lowest BCUT2D eigenvalue weighted by molar-refractivity contribution is 0.404. The number of para-hydroxylation sites is 1. The third-order valence-corrected chi connectivity index (χ3v) is 4.77. The van der Waals surface area contributed by atoms with Gasteiger partial charge >= 0.3 is 0 Å². The van der Waals surface area contributed by atoms with Crippen molar-refractivity contribution in [3.8, 4) is 11.5 Å². The zero-order chi connectivity index (χ0) is 15.2. The van der Waals surface area contributed by atoms with Crippen LogP contribution in [0.5, 0.6) is 11.5 Å². The maximum atomic E-state index is 5.45. The highest BCUT2D eigenvalue weighted by Gasteiger charge is 2.08. The Bertz CT molecular complexity index is 653. The van der Waals surface area contributed by atoms with Crippen LogP contribution in [-0.4, -0.2) is 20.5 Å². The van der Waals surface area contributed by atoms with E-state index < -0.39 is 0 Å². The highest BCUT2D eigenvalue weighted by Crippen LogP contribution is 2.36. The van der Waals surface area contributed by atoms with E-state index in [2.05, 4.69) is 28.1 Å². The Morgan fingerprint density at radius 1 is 1.00 bits per heavy atom. The summed E-state index contributed by atoms with van der Waals surface area (Å²) in [6.45, 7) is 0. The third kappa shape index (κ3) is 3.83. The highest BCUT2D eigenvalue weighted by molar-refractivity contribution is 9.10. The molecule has 2 nitrogen and oxygen atoms in total. The van der Waals surface area contributed by atoms with Crippen molar-refractivity contribution in [1.82, 2.24) is 0 Å². The Labute approximate surface area is 138 Å². The zero-order valence-electron chi connectivity index (χ0n) is 12.2. The second kappa shape index (κ2) is 7.57. The van der Waals surface area contributed by atoms with Crippen LogP contribution >= 0.6 is 27.7 Å². The minimum Gasteiger partial charge on any atom is -0.496 e. The Kier molecular flexibility index (Phi) is 5.76. The average molecular weight is 365 g/mol. The molecule has 0 amide bonds. The summed E-state index contributed by atoms with van der Waals surface area (Å²) in [7, 11) is 3.37. The third-order valence-electron chi connectivity index (χ3n) is 3.05. The first kappa shape index (κ1) is 16.0. The predicted octanol–water partition coefficient (Wildman–Crippen LogP) is 5.36. The Morgan fingerprint density at radius 3 is 2.38 bits per heavy atom. The van der Waals surface area contributed by atoms with E-state index in [0.29, 0.717) is 0 Å². The van der Waals surface area contributed by atoms with Crippen LogP contribution in [0.1, 0.15) is 11.1 Å². The van der Waals surface area contributed by atoms with Gasteiger partial charge in [0, 0.05) is 10.0 Å². The normalized spacial score (nSPS) is 10.9. The van der Waals surface area contributed by atoms with E-state index in [1.165, 1.54) is 0 Å². The molecule has 0 aliphatic carbocycles. The number of benzene rings is 2. The van der Waals surface area contributed by atoms with Crippen molar-refractivity contribution in [2.75, 3.05) is 20.5 Å². The van der Waals surface area contributed by atoms with Crippen molar-refractivity contribution >= 4 is 39.8 Å². The largest absolute Gasteiger partial charge is 0.496 e. The molecule has 2 aromatic carbocycles. The molecule has 0 aromatic heterocycles. The van der Waals surface area contributed by atoms with Gasteiger partial charge in [-0.25, -0.2) is 0 Å². The van der Waals surface area contributed by atoms with E-state index in [9.17, 15) is 0 Å². The first-order chi connectivity index (χ1) is 10.2. The van der Waals surface area contributed by atoms with Gasteiger partial charge in [-0.05, 0) is 45.9 Å². The van der Waals surface area contributed by atoms with E-state index in [1.807, 2.05) is 42.7 Å². The number of thioether (sulfide) groups is 1. The molecular formula is C17H17BrO2S. The summed E-state index contributed by atoms with van der Waals surface area (Å²) in [6, 6.07) is 12.0. The molecule has 0 saturated heterocycles. The van der Waals surface area contributed by atoms with E-state index in [1.54, 1.807) is 26.0 Å². The number of ether oxygens (including phenoxy) is 2. The number of halogens is 1. The summed E-state index contributed by atoms with van der Waals surface area (Å²) in [6.07, 6.45) is 6.13. The van der Waals surface area contributed by atoms with Gasteiger partial charge in [0.25, 0.3) is 0 Å². The highest BCUT2D eigenvalue weighted by atomic mass is 79.9. The predicted molar refractivity (Wildman–Crippen MR) is 94.4 cm³/mol. The number of methoxy groups -OCH3 is 2. The van der Waals surface area contributed by atoms with Crippen LogP contribution < -0.4 is 9.47 Å². The number of hydrogen-bond acceptors (Lipinski definition) is 3. The Balaban J connectivity index is 2.35. The van der Waals surface area contributed by atoms with Crippen LogP contribution in [0.3, 0.4) is 0 Å². The van der Waals surface area contributed by atoms with Gasteiger partial charge in [0.1, 0.15) is 11.5 Å². The van der Waals surface area contributed by atoms with Gasteiger partial charge in [-0.1, -0.05) is 30.4 Å². The summed E-state index contributed by atoms with van der Waals surface area (Å²) in [5, 5.41) is 0. The van der Waals surface area contributed by atoms with Crippen molar-refractivity contribution in [3.63, 3.8) is 0 Å². The summed E-state index contributed by atoms with van der Waals surface area (Å²) in [5.41, 5.74) is 2.12. The standard InChI is InChI=1S/C17H17BrO2S/c1-19-15-7-5-4-6-13(15)9-8-12-10-14(18)17(21-3)16(11-12)20-2/h4-11H,1-3H3/b9-8-. The first-order valence-electron chi connectivity index (χ1n) is 6.42. The molecule has 0 N–H and O–H groups in total. The minimum absolute atomic E-state index is 0.862. The van der Waals surface area contributed by atoms with Gasteiger partial charge in [0.05, 0.1) is 19.1 Å². The van der Waals surface area contributed by atoms with Crippen molar-refractivity contribution < 1.29 is 9.47 Å². The van der Waals surface area contributed by atoms with Crippen molar-refractivity contribution in [1.29, 1.82) is 0 Å². The molecule has 0 fully saturated rings. The molecule has 110 valence electrons. The fourth-order valence-corrected chi connectivity index (χ4v) is 3.57. The fourth-order valence-electron chi connectivity index (χ4n) is 2.02. The van der Waals surface area contributed by atoms with Crippen molar-refractivity contribution in [2.45, 2.75) is 4.90 Å². The molecule has 21 heavy (non-hydrogen) atoms. The molecule has 0 heterocycles. The molecular weight excluding hydrogens is 348 g/mol. The molecule has 2 aromatic rings. The summed E-state index contributed by atoms with van der Waals surface area (Å²) in [4.78, 5) is 1.10. The number of hydrogen-bond donors (Lipinski definition) is 0. The van der Waals surface area contributed by atoms with E-state index in [-0.39, 0.29) is 0 Å². The molecule has 0 atom stereocenters. The van der Waals surface area contributed by atoms with E-state index >= 15 is 0 Å². The first-order valence-corrected chi connectivity index (χ1v) is 8.44. The summed E-state index contributed by atoms with van der Waals surface area (Å²) in [5.74, 6) is 1.73. The lowest BCUT2D eigenvalue weighted by atomic mass is 10.1. The lowest BCUT2D eigenvalue weighted by Crippen LogP contribution is -1.89.